The van der Waals surface area contributed by atoms with E-state index >= 15 is 0 Å². The van der Waals surface area contributed by atoms with Gasteiger partial charge in [0.05, 0.1) is 0 Å². The normalized spacial score (nSPS) is 9.39. The molecule has 0 saturated carbocycles. The molecule has 2 aromatic rings. The number of hydrogen-bond donors (Lipinski definition) is 1. The first kappa shape index (κ1) is 11.9. The van der Waals surface area contributed by atoms with Crippen molar-refractivity contribution in [1.82, 2.24) is 19.9 Å². The number of nitrogens with one attached hydrogen (secondary N) is 1. The van der Waals surface area contributed by atoms with Gasteiger partial charge in [-0.2, -0.15) is 0 Å². The quantitative estimate of drug-likeness (QED) is 0.811. The molecule has 0 fully saturated rings. The lowest BCUT2D eigenvalue weighted by Gasteiger charge is -2.04. The molecule has 0 unspecified atom stereocenters. The Morgan fingerprint density at radius 1 is 1.50 bits per heavy atom. The molecular weight excluding hydrogens is 228 g/mol. The molecule has 0 aliphatic heterocycles. The summed E-state index contributed by atoms with van der Waals surface area (Å²) in [6.07, 6.45) is 6.91. The Bertz CT molecular complexity index is 576. The van der Waals surface area contributed by atoms with Crippen LogP contribution in [0.3, 0.4) is 0 Å². The van der Waals surface area contributed by atoms with Crippen molar-refractivity contribution >= 4 is 5.91 Å². The van der Waals surface area contributed by atoms with Crippen LogP contribution in [0.2, 0.25) is 0 Å². The molecule has 2 heterocycles. The first-order chi connectivity index (χ1) is 8.79. The van der Waals surface area contributed by atoms with Crippen LogP contribution >= 0.6 is 0 Å². The van der Waals surface area contributed by atoms with Crippen LogP contribution in [0.15, 0.2) is 37.1 Å². The van der Waals surface area contributed by atoms with E-state index in [1.165, 1.54) is 0 Å². The van der Waals surface area contributed by atoms with Gasteiger partial charge >= 0.3 is 0 Å². The van der Waals surface area contributed by atoms with Gasteiger partial charge in [0.25, 0.3) is 5.91 Å². The number of imidazole rings is 1. The molecule has 0 bridgehead atoms. The lowest BCUT2D eigenvalue weighted by atomic mass is 10.3. The van der Waals surface area contributed by atoms with Crippen LogP contribution in [0.5, 0.6) is 0 Å². The highest BCUT2D eigenvalue weighted by atomic mass is 16.1. The average molecular weight is 240 g/mol. The van der Waals surface area contributed by atoms with E-state index in [1.807, 2.05) is 22.9 Å². The van der Waals surface area contributed by atoms with Crippen molar-refractivity contribution in [2.45, 2.75) is 13.5 Å². The minimum Gasteiger partial charge on any atom is -0.341 e. The summed E-state index contributed by atoms with van der Waals surface area (Å²) in [5, 5.41) is 2.68. The highest BCUT2D eigenvalue weighted by Crippen LogP contribution is 2.04. The maximum atomic E-state index is 11.2. The Morgan fingerprint density at radius 3 is 3.00 bits per heavy atom. The number of nitrogens with zero attached hydrogens (tertiary/aromatic N) is 3. The lowest BCUT2D eigenvalue weighted by molar-refractivity contribution is -0.115. The molecule has 0 aliphatic carbocycles. The van der Waals surface area contributed by atoms with Crippen LogP contribution < -0.4 is 5.32 Å². The van der Waals surface area contributed by atoms with Crippen molar-refractivity contribution in [2.75, 3.05) is 0 Å². The molecule has 0 saturated heterocycles. The van der Waals surface area contributed by atoms with Gasteiger partial charge in [-0.05, 0) is 24.5 Å². The van der Waals surface area contributed by atoms with E-state index in [-0.39, 0.29) is 5.91 Å². The number of hydrogen-bond acceptors (Lipinski definition) is 3. The van der Waals surface area contributed by atoms with Crippen LogP contribution in [0, 0.1) is 11.8 Å². The summed E-state index contributed by atoms with van der Waals surface area (Å²) >= 11 is 0. The van der Waals surface area contributed by atoms with Crippen LogP contribution in [0.1, 0.15) is 12.5 Å². The van der Waals surface area contributed by atoms with E-state index in [2.05, 4.69) is 27.1 Å². The maximum Gasteiger partial charge on any atom is 0.296 e. The lowest BCUT2D eigenvalue weighted by Crippen LogP contribution is -2.20. The zero-order chi connectivity index (χ0) is 12.8. The van der Waals surface area contributed by atoms with E-state index in [4.69, 9.17) is 0 Å². The van der Waals surface area contributed by atoms with Gasteiger partial charge in [0, 0.05) is 25.1 Å². The minimum absolute atomic E-state index is 0.281. The van der Waals surface area contributed by atoms with Crippen molar-refractivity contribution in [3.8, 4) is 17.7 Å². The predicted molar refractivity (Wildman–Crippen MR) is 66.7 cm³/mol. The van der Waals surface area contributed by atoms with Crippen LogP contribution in [0.4, 0.5) is 0 Å². The van der Waals surface area contributed by atoms with Crippen molar-refractivity contribution in [3.05, 3.63) is 42.6 Å². The standard InChI is InChI=1S/C13H12N4O/c1-2-3-13(18)16-9-11-4-5-12(15-8-11)17-7-6-14-10-17/h4-8,10H,9H2,1H3,(H,16,18). The van der Waals surface area contributed by atoms with E-state index in [1.54, 1.807) is 25.6 Å². The fraction of sp³-hybridized carbons (Fsp3) is 0.154. The summed E-state index contributed by atoms with van der Waals surface area (Å²) in [5.74, 6) is 5.47. The van der Waals surface area contributed by atoms with Gasteiger partial charge in [-0.3, -0.25) is 9.36 Å². The Kier molecular flexibility index (Phi) is 3.72. The number of carbonyl (C=O) groups excluding carboxylic acids is 1. The second-order valence-electron chi connectivity index (χ2n) is 3.55. The molecule has 0 radical (unpaired) electrons. The SMILES string of the molecule is CC#CC(=O)NCc1ccc(-n2ccnc2)nc1. The summed E-state index contributed by atoms with van der Waals surface area (Å²) in [7, 11) is 0. The van der Waals surface area contributed by atoms with Crippen molar-refractivity contribution < 1.29 is 4.79 Å². The minimum atomic E-state index is -0.281. The third-order valence-electron chi connectivity index (χ3n) is 2.27. The molecule has 5 heteroatoms. The van der Waals surface area contributed by atoms with Gasteiger partial charge in [0.2, 0.25) is 0 Å². The van der Waals surface area contributed by atoms with E-state index in [0.717, 1.165) is 11.4 Å². The van der Waals surface area contributed by atoms with Gasteiger partial charge in [0.1, 0.15) is 12.1 Å². The second kappa shape index (κ2) is 5.64. The van der Waals surface area contributed by atoms with Crippen LogP contribution in [0.25, 0.3) is 5.82 Å². The van der Waals surface area contributed by atoms with Gasteiger partial charge in [0.15, 0.2) is 0 Å². The van der Waals surface area contributed by atoms with E-state index in [0.29, 0.717) is 6.54 Å². The Hall–Kier alpha value is -2.61. The fourth-order valence-corrected chi connectivity index (χ4v) is 1.41. The van der Waals surface area contributed by atoms with Crippen molar-refractivity contribution in [3.63, 3.8) is 0 Å². The first-order valence-electron chi connectivity index (χ1n) is 5.43. The molecule has 5 nitrogen and oxygen atoms in total. The summed E-state index contributed by atoms with van der Waals surface area (Å²) in [5.41, 5.74) is 0.921. The van der Waals surface area contributed by atoms with Gasteiger partial charge in [-0.25, -0.2) is 9.97 Å². The molecule has 90 valence electrons. The third kappa shape index (κ3) is 2.95. The Labute approximate surface area is 105 Å². The largest absolute Gasteiger partial charge is 0.341 e. The first-order valence-corrected chi connectivity index (χ1v) is 5.43. The zero-order valence-electron chi connectivity index (χ0n) is 9.92. The van der Waals surface area contributed by atoms with Crippen LogP contribution in [-0.4, -0.2) is 20.4 Å². The predicted octanol–water partition coefficient (Wildman–Crippen LogP) is 0.907. The Morgan fingerprint density at radius 2 is 2.39 bits per heavy atom. The molecule has 2 rings (SSSR count). The maximum absolute atomic E-state index is 11.2. The smallest absolute Gasteiger partial charge is 0.296 e. The monoisotopic (exact) mass is 240 g/mol. The number of aromatic nitrogens is 3. The molecule has 0 atom stereocenters. The summed E-state index contributed by atoms with van der Waals surface area (Å²) in [4.78, 5) is 19.4. The summed E-state index contributed by atoms with van der Waals surface area (Å²) in [6, 6.07) is 3.77. The molecule has 18 heavy (non-hydrogen) atoms. The molecule has 1 N–H and O–H groups in total. The van der Waals surface area contributed by atoms with E-state index in [9.17, 15) is 4.79 Å². The summed E-state index contributed by atoms with van der Waals surface area (Å²) < 4.78 is 1.81. The number of carbonyl (C=O) groups is 1. The topological polar surface area (TPSA) is 59.8 Å². The number of pyridine rings is 1. The number of rotatable bonds is 3. The molecule has 2 aromatic heterocycles. The van der Waals surface area contributed by atoms with Gasteiger partial charge in [-0.1, -0.05) is 12.0 Å². The average Bonchev–Trinajstić information content (AvgIpc) is 2.91. The highest BCUT2D eigenvalue weighted by molar-refractivity contribution is 5.93. The zero-order valence-corrected chi connectivity index (χ0v) is 9.92. The van der Waals surface area contributed by atoms with E-state index < -0.39 is 0 Å². The second-order valence-corrected chi connectivity index (χ2v) is 3.55. The van der Waals surface area contributed by atoms with Crippen molar-refractivity contribution in [2.24, 2.45) is 0 Å². The van der Waals surface area contributed by atoms with Crippen molar-refractivity contribution in [1.29, 1.82) is 0 Å². The molecule has 0 spiro atoms. The molecular formula is C13H12N4O. The van der Waals surface area contributed by atoms with Gasteiger partial charge < -0.3 is 5.32 Å². The molecule has 1 amide bonds. The Balaban J connectivity index is 1.99. The molecule has 0 aromatic carbocycles. The molecule has 0 aliphatic rings. The summed E-state index contributed by atoms with van der Waals surface area (Å²) in [6.45, 7) is 2.05. The van der Waals surface area contributed by atoms with Crippen LogP contribution in [-0.2, 0) is 11.3 Å². The fourth-order valence-electron chi connectivity index (χ4n) is 1.41. The number of amides is 1. The van der Waals surface area contributed by atoms with Gasteiger partial charge in [-0.15, -0.1) is 0 Å². The highest BCUT2D eigenvalue weighted by Gasteiger charge is 1.99. The third-order valence-corrected chi connectivity index (χ3v) is 2.27.